The largest absolute Gasteiger partial charge is 0.465 e. The standard InChI is InChI=1S/C20H29N3O4/c1-15-6-8-17(27-15)12-21-18(24)9-7-16-4-2-10-22(13-16)20(26)14-23-11-3-5-19(23)25/h6,8,16H,2-5,7,9-14H2,1H3,(H,21,24)/t16-/m1/s1. The van der Waals surface area contributed by atoms with Crippen LogP contribution in [0.5, 0.6) is 0 Å². The lowest BCUT2D eigenvalue weighted by atomic mass is 9.93. The normalized spacial score (nSPS) is 20.2. The van der Waals surface area contributed by atoms with Crippen molar-refractivity contribution in [1.29, 1.82) is 0 Å². The summed E-state index contributed by atoms with van der Waals surface area (Å²) in [7, 11) is 0. The van der Waals surface area contributed by atoms with Crippen molar-refractivity contribution in [3.63, 3.8) is 0 Å². The Kier molecular flexibility index (Phi) is 6.53. The first-order valence-electron chi connectivity index (χ1n) is 9.89. The summed E-state index contributed by atoms with van der Waals surface area (Å²) in [5.74, 6) is 2.06. The summed E-state index contributed by atoms with van der Waals surface area (Å²) < 4.78 is 5.44. The van der Waals surface area contributed by atoms with Gasteiger partial charge in [0.05, 0.1) is 13.1 Å². The monoisotopic (exact) mass is 375 g/mol. The molecule has 2 aliphatic heterocycles. The molecule has 3 heterocycles. The molecule has 1 aromatic heterocycles. The van der Waals surface area contributed by atoms with Crippen LogP contribution >= 0.6 is 0 Å². The van der Waals surface area contributed by atoms with Crippen molar-refractivity contribution < 1.29 is 18.8 Å². The van der Waals surface area contributed by atoms with Crippen LogP contribution in [0.25, 0.3) is 0 Å². The molecule has 7 nitrogen and oxygen atoms in total. The fourth-order valence-electron chi connectivity index (χ4n) is 3.85. The van der Waals surface area contributed by atoms with Gasteiger partial charge in [-0.05, 0) is 50.7 Å². The maximum atomic E-state index is 12.5. The Labute approximate surface area is 160 Å². The number of rotatable bonds is 7. The summed E-state index contributed by atoms with van der Waals surface area (Å²) in [5, 5.41) is 2.88. The molecule has 3 amide bonds. The number of aryl methyl sites for hydroxylation is 1. The van der Waals surface area contributed by atoms with Crippen LogP contribution in [-0.2, 0) is 20.9 Å². The van der Waals surface area contributed by atoms with Crippen LogP contribution in [0.1, 0.15) is 50.0 Å². The number of carbonyl (C=O) groups is 3. The van der Waals surface area contributed by atoms with E-state index in [1.54, 1.807) is 4.90 Å². The Bertz CT molecular complexity index is 685. The highest BCUT2D eigenvalue weighted by Crippen LogP contribution is 2.22. The van der Waals surface area contributed by atoms with Gasteiger partial charge in [-0.3, -0.25) is 14.4 Å². The molecule has 0 unspecified atom stereocenters. The Morgan fingerprint density at radius 2 is 2.11 bits per heavy atom. The third kappa shape index (κ3) is 5.58. The van der Waals surface area contributed by atoms with E-state index in [9.17, 15) is 14.4 Å². The topological polar surface area (TPSA) is 82.9 Å². The van der Waals surface area contributed by atoms with Gasteiger partial charge in [-0.1, -0.05) is 0 Å². The Morgan fingerprint density at radius 1 is 1.26 bits per heavy atom. The van der Waals surface area contributed by atoms with Crippen LogP contribution in [0.2, 0.25) is 0 Å². The number of hydrogen-bond donors (Lipinski definition) is 1. The van der Waals surface area contributed by atoms with Gasteiger partial charge in [-0.25, -0.2) is 0 Å². The van der Waals surface area contributed by atoms with Gasteiger partial charge in [0.15, 0.2) is 0 Å². The van der Waals surface area contributed by atoms with E-state index in [0.29, 0.717) is 38.4 Å². The predicted molar refractivity (Wildman–Crippen MR) is 99.6 cm³/mol. The molecule has 0 aliphatic carbocycles. The lowest BCUT2D eigenvalue weighted by Gasteiger charge is -2.33. The van der Waals surface area contributed by atoms with Crippen molar-refractivity contribution in [2.24, 2.45) is 5.92 Å². The van der Waals surface area contributed by atoms with E-state index < -0.39 is 0 Å². The molecule has 7 heteroatoms. The minimum atomic E-state index is 0.00941. The van der Waals surface area contributed by atoms with Crippen molar-refractivity contribution in [1.82, 2.24) is 15.1 Å². The van der Waals surface area contributed by atoms with Crippen LogP contribution in [0.15, 0.2) is 16.5 Å². The second-order valence-corrected chi connectivity index (χ2v) is 7.59. The quantitative estimate of drug-likeness (QED) is 0.788. The molecular formula is C20H29N3O4. The fourth-order valence-corrected chi connectivity index (χ4v) is 3.85. The smallest absolute Gasteiger partial charge is 0.242 e. The van der Waals surface area contributed by atoms with Crippen LogP contribution in [-0.4, -0.2) is 53.7 Å². The van der Waals surface area contributed by atoms with Gasteiger partial charge >= 0.3 is 0 Å². The summed E-state index contributed by atoms with van der Waals surface area (Å²) in [5.41, 5.74) is 0. The van der Waals surface area contributed by atoms with Gasteiger partial charge < -0.3 is 19.5 Å². The predicted octanol–water partition coefficient (Wildman–Crippen LogP) is 1.85. The first-order chi connectivity index (χ1) is 13.0. The van der Waals surface area contributed by atoms with Crippen LogP contribution < -0.4 is 5.32 Å². The molecule has 3 rings (SSSR count). The SMILES string of the molecule is Cc1ccc(CNC(=O)CC[C@H]2CCCN(C(=O)CN3CCCC3=O)C2)o1. The first kappa shape index (κ1) is 19.5. The molecule has 1 N–H and O–H groups in total. The summed E-state index contributed by atoms with van der Waals surface area (Å²) in [4.78, 5) is 39.8. The van der Waals surface area contributed by atoms with Crippen molar-refractivity contribution in [3.05, 3.63) is 23.7 Å². The number of likely N-dealkylation sites (tertiary alicyclic amines) is 2. The summed E-state index contributed by atoms with van der Waals surface area (Å²) >= 11 is 0. The minimum absolute atomic E-state index is 0.00941. The third-order valence-corrected chi connectivity index (χ3v) is 5.40. The highest BCUT2D eigenvalue weighted by atomic mass is 16.3. The molecule has 1 aromatic rings. The van der Waals surface area contributed by atoms with Gasteiger partial charge in [0, 0.05) is 32.5 Å². The zero-order chi connectivity index (χ0) is 19.2. The van der Waals surface area contributed by atoms with Gasteiger partial charge in [0.25, 0.3) is 0 Å². The van der Waals surface area contributed by atoms with Gasteiger partial charge in [0.2, 0.25) is 17.7 Å². The molecule has 0 saturated carbocycles. The molecule has 1 atom stereocenters. The van der Waals surface area contributed by atoms with Crippen molar-refractivity contribution in [3.8, 4) is 0 Å². The fraction of sp³-hybridized carbons (Fsp3) is 0.650. The number of hydrogen-bond acceptors (Lipinski definition) is 4. The van der Waals surface area contributed by atoms with Gasteiger partial charge in [-0.15, -0.1) is 0 Å². The van der Waals surface area contributed by atoms with Crippen LogP contribution in [0.3, 0.4) is 0 Å². The average molecular weight is 375 g/mol. The summed E-state index contributed by atoms with van der Waals surface area (Å²) in [6, 6.07) is 3.75. The zero-order valence-corrected chi connectivity index (χ0v) is 16.0. The highest BCUT2D eigenvalue weighted by molar-refractivity contribution is 5.86. The minimum Gasteiger partial charge on any atom is -0.465 e. The molecule has 0 bridgehead atoms. The second kappa shape index (κ2) is 9.06. The molecule has 0 spiro atoms. The Balaban J connectivity index is 1.38. The molecular weight excluding hydrogens is 346 g/mol. The summed E-state index contributed by atoms with van der Waals surface area (Å²) in [6.45, 7) is 4.62. The zero-order valence-electron chi connectivity index (χ0n) is 16.0. The molecule has 0 radical (unpaired) electrons. The molecule has 2 fully saturated rings. The van der Waals surface area contributed by atoms with Crippen molar-refractivity contribution in [2.45, 2.75) is 52.0 Å². The number of nitrogens with one attached hydrogen (secondary N) is 1. The van der Waals surface area contributed by atoms with E-state index in [0.717, 1.165) is 43.7 Å². The third-order valence-electron chi connectivity index (χ3n) is 5.40. The van der Waals surface area contributed by atoms with E-state index in [1.165, 1.54) is 0 Å². The number of piperidine rings is 1. The number of carbonyl (C=O) groups excluding carboxylic acids is 3. The van der Waals surface area contributed by atoms with Crippen molar-refractivity contribution >= 4 is 17.7 Å². The van der Waals surface area contributed by atoms with E-state index >= 15 is 0 Å². The maximum Gasteiger partial charge on any atom is 0.242 e. The second-order valence-electron chi connectivity index (χ2n) is 7.59. The van der Waals surface area contributed by atoms with Crippen LogP contribution in [0.4, 0.5) is 0 Å². The molecule has 2 saturated heterocycles. The van der Waals surface area contributed by atoms with E-state index in [-0.39, 0.29) is 24.3 Å². The highest BCUT2D eigenvalue weighted by Gasteiger charge is 2.28. The van der Waals surface area contributed by atoms with E-state index in [1.807, 2.05) is 24.0 Å². The van der Waals surface area contributed by atoms with E-state index in [4.69, 9.17) is 4.42 Å². The van der Waals surface area contributed by atoms with E-state index in [2.05, 4.69) is 5.32 Å². The van der Waals surface area contributed by atoms with Crippen molar-refractivity contribution in [2.75, 3.05) is 26.2 Å². The number of amides is 3. The first-order valence-corrected chi connectivity index (χ1v) is 9.89. The van der Waals surface area contributed by atoms with Crippen LogP contribution in [0, 0.1) is 12.8 Å². The summed E-state index contributed by atoms with van der Waals surface area (Å²) in [6.07, 6.45) is 4.63. The van der Waals surface area contributed by atoms with Gasteiger partial charge in [0.1, 0.15) is 11.5 Å². The average Bonchev–Trinajstić information content (AvgIpc) is 3.26. The molecule has 0 aromatic carbocycles. The lowest BCUT2D eigenvalue weighted by Crippen LogP contribution is -2.45. The lowest BCUT2D eigenvalue weighted by molar-refractivity contribution is -0.139. The Morgan fingerprint density at radius 3 is 2.81 bits per heavy atom. The number of nitrogens with zero attached hydrogens (tertiary/aromatic N) is 2. The number of furan rings is 1. The molecule has 148 valence electrons. The van der Waals surface area contributed by atoms with Gasteiger partial charge in [-0.2, -0.15) is 0 Å². The molecule has 27 heavy (non-hydrogen) atoms. The Hall–Kier alpha value is -2.31. The molecule has 2 aliphatic rings. The maximum absolute atomic E-state index is 12.5.